The molecule has 0 unspecified atom stereocenters. The second kappa shape index (κ2) is 8.57. The van der Waals surface area contributed by atoms with E-state index in [1.807, 2.05) is 0 Å². The molecule has 1 N–H and O–H groups in total. The van der Waals surface area contributed by atoms with Gasteiger partial charge in [0.2, 0.25) is 0 Å². The number of hydrogen-bond donors (Lipinski definition) is 1. The third kappa shape index (κ3) is 4.36. The fourth-order valence-corrected chi connectivity index (χ4v) is 2.84. The highest BCUT2D eigenvalue weighted by molar-refractivity contribution is 6.32. The van der Waals surface area contributed by atoms with E-state index in [0.717, 1.165) is 12.1 Å². The van der Waals surface area contributed by atoms with Crippen LogP contribution in [0.4, 0.5) is 17.1 Å². The minimum atomic E-state index is -0.750. The van der Waals surface area contributed by atoms with Gasteiger partial charge in [-0.1, -0.05) is 23.7 Å². The monoisotopic (exact) mass is 431 g/mol. The number of aromatic nitrogens is 2. The van der Waals surface area contributed by atoms with Crippen molar-refractivity contribution in [3.05, 3.63) is 85.2 Å². The number of ether oxygens (including phenoxy) is 1. The van der Waals surface area contributed by atoms with E-state index in [4.69, 9.17) is 16.3 Å². The van der Waals surface area contributed by atoms with E-state index in [9.17, 15) is 25.0 Å². The zero-order valence-electron chi connectivity index (χ0n) is 15.4. The molecule has 0 bridgehead atoms. The van der Waals surface area contributed by atoms with Crippen molar-refractivity contribution in [1.82, 2.24) is 9.78 Å². The van der Waals surface area contributed by atoms with Gasteiger partial charge in [0.25, 0.3) is 17.3 Å². The summed E-state index contributed by atoms with van der Waals surface area (Å²) in [5.41, 5.74) is -1.08. The van der Waals surface area contributed by atoms with Crippen molar-refractivity contribution in [2.75, 3.05) is 5.32 Å². The maximum Gasteiger partial charge on any atom is 0.281 e. The maximum atomic E-state index is 12.6. The van der Waals surface area contributed by atoms with Gasteiger partial charge in [-0.3, -0.25) is 25.0 Å². The number of hydrogen-bond acceptors (Lipinski definition) is 7. The molecule has 2 aromatic carbocycles. The molecule has 0 spiro atoms. The highest BCUT2D eigenvalue weighted by atomic mass is 35.5. The van der Waals surface area contributed by atoms with Crippen molar-refractivity contribution in [2.45, 2.75) is 13.7 Å². The number of benzene rings is 2. The van der Waals surface area contributed by atoms with Crippen molar-refractivity contribution in [3.63, 3.8) is 0 Å². The van der Waals surface area contributed by atoms with Crippen molar-refractivity contribution in [2.24, 2.45) is 0 Å². The quantitative estimate of drug-likeness (QED) is 0.440. The highest BCUT2D eigenvalue weighted by Gasteiger charge is 2.24. The Labute approximate surface area is 174 Å². The Balaban J connectivity index is 1.82. The summed E-state index contributed by atoms with van der Waals surface area (Å²) in [4.78, 5) is 33.5. The summed E-state index contributed by atoms with van der Waals surface area (Å²) in [6.45, 7) is 1.14. The van der Waals surface area contributed by atoms with E-state index in [1.54, 1.807) is 24.3 Å². The number of carbonyl (C=O) groups excluding carboxylic acids is 1. The number of rotatable bonds is 7. The van der Waals surface area contributed by atoms with Crippen molar-refractivity contribution in [3.8, 4) is 5.75 Å². The van der Waals surface area contributed by atoms with Gasteiger partial charge in [-0.25, -0.2) is 4.68 Å². The van der Waals surface area contributed by atoms with E-state index in [0.29, 0.717) is 10.8 Å². The van der Waals surface area contributed by atoms with Crippen LogP contribution in [0.15, 0.2) is 48.7 Å². The molecule has 0 saturated heterocycles. The fourth-order valence-electron chi connectivity index (χ4n) is 2.65. The van der Waals surface area contributed by atoms with Crippen molar-refractivity contribution in [1.29, 1.82) is 0 Å². The topological polar surface area (TPSA) is 142 Å². The summed E-state index contributed by atoms with van der Waals surface area (Å²) in [6, 6.07) is 10.3. The Kier molecular flexibility index (Phi) is 5.93. The summed E-state index contributed by atoms with van der Waals surface area (Å²) < 4.78 is 6.79. The molecule has 11 nitrogen and oxygen atoms in total. The molecule has 0 fully saturated rings. The second-order valence-corrected chi connectivity index (χ2v) is 6.43. The lowest BCUT2D eigenvalue weighted by Crippen LogP contribution is -2.20. The summed E-state index contributed by atoms with van der Waals surface area (Å²) in [5, 5.41) is 29.2. The van der Waals surface area contributed by atoms with E-state index in [2.05, 4.69) is 10.4 Å². The lowest BCUT2D eigenvalue weighted by molar-refractivity contribution is -0.395. The van der Waals surface area contributed by atoms with Gasteiger partial charge in [-0.05, 0) is 25.1 Å². The van der Waals surface area contributed by atoms with Crippen LogP contribution in [0.5, 0.6) is 5.75 Å². The minimum Gasteiger partial charge on any atom is -0.470 e. The van der Waals surface area contributed by atoms with Gasteiger partial charge in [-0.15, -0.1) is 0 Å². The van der Waals surface area contributed by atoms with Crippen LogP contribution in [0.25, 0.3) is 0 Å². The average Bonchev–Trinajstić information content (AvgIpc) is 3.17. The first-order valence-electron chi connectivity index (χ1n) is 8.42. The van der Waals surface area contributed by atoms with Crippen LogP contribution in [-0.4, -0.2) is 25.5 Å². The standard InChI is InChI=1S/C18H14ClN5O6/c1-11-15(23(26)27)8-12(9-16(11)24(28)29)21-18(25)14-6-7-20-22(14)10-30-17-5-3-2-4-13(17)19/h2-9H,10H2,1H3,(H,21,25). The number of nitro benzene ring substituents is 2. The largest absolute Gasteiger partial charge is 0.470 e. The molecule has 0 aliphatic carbocycles. The first-order chi connectivity index (χ1) is 14.3. The summed E-state index contributed by atoms with van der Waals surface area (Å²) in [7, 11) is 0. The smallest absolute Gasteiger partial charge is 0.281 e. The van der Waals surface area contributed by atoms with Gasteiger partial charge in [0.15, 0.2) is 6.73 Å². The first-order valence-corrected chi connectivity index (χ1v) is 8.79. The maximum absolute atomic E-state index is 12.6. The Hall–Kier alpha value is -3.99. The first kappa shape index (κ1) is 20.7. The van der Waals surface area contributed by atoms with E-state index < -0.39 is 27.1 Å². The minimum absolute atomic E-state index is 0.0768. The van der Waals surface area contributed by atoms with Gasteiger partial charge in [0.05, 0.1) is 20.6 Å². The second-order valence-electron chi connectivity index (χ2n) is 6.03. The molecular formula is C18H14ClN5O6. The Morgan fingerprint density at radius 1 is 1.17 bits per heavy atom. The molecule has 0 aliphatic rings. The van der Waals surface area contributed by atoms with Gasteiger partial charge in [-0.2, -0.15) is 5.10 Å². The lowest BCUT2D eigenvalue weighted by Gasteiger charge is -2.11. The Morgan fingerprint density at radius 3 is 2.40 bits per heavy atom. The van der Waals surface area contributed by atoms with Crippen LogP contribution in [-0.2, 0) is 6.73 Å². The number of carbonyl (C=O) groups is 1. The van der Waals surface area contributed by atoms with E-state index in [1.165, 1.54) is 23.9 Å². The number of halogens is 1. The van der Waals surface area contributed by atoms with Crippen molar-refractivity contribution < 1.29 is 19.4 Å². The molecular weight excluding hydrogens is 418 g/mol. The number of nitro groups is 2. The van der Waals surface area contributed by atoms with Gasteiger partial charge < -0.3 is 10.1 Å². The molecule has 154 valence electrons. The Bertz CT molecular complexity index is 1110. The predicted molar refractivity (Wildman–Crippen MR) is 107 cm³/mol. The van der Waals surface area contributed by atoms with Crippen LogP contribution in [0.2, 0.25) is 5.02 Å². The molecule has 1 heterocycles. The number of para-hydroxylation sites is 1. The van der Waals surface area contributed by atoms with Gasteiger partial charge in [0.1, 0.15) is 17.0 Å². The van der Waals surface area contributed by atoms with Crippen LogP contribution in [0.3, 0.4) is 0 Å². The van der Waals surface area contributed by atoms with E-state index >= 15 is 0 Å². The number of anilines is 1. The molecule has 0 aliphatic heterocycles. The summed E-state index contributed by atoms with van der Waals surface area (Å²) in [5.74, 6) is -0.284. The molecule has 3 rings (SSSR count). The molecule has 3 aromatic rings. The lowest BCUT2D eigenvalue weighted by atomic mass is 10.1. The molecule has 1 amide bonds. The summed E-state index contributed by atoms with van der Waals surface area (Å²) in [6.07, 6.45) is 1.37. The van der Waals surface area contributed by atoms with Gasteiger partial charge >= 0.3 is 0 Å². The van der Waals surface area contributed by atoms with Crippen LogP contribution in [0, 0.1) is 27.2 Å². The molecule has 1 aromatic heterocycles. The number of nitrogens with one attached hydrogen (secondary N) is 1. The number of amides is 1. The fraction of sp³-hybridized carbons (Fsp3) is 0.111. The predicted octanol–water partition coefficient (Wildman–Crippen LogP) is 3.95. The third-order valence-electron chi connectivity index (χ3n) is 4.13. The molecule has 0 radical (unpaired) electrons. The molecule has 0 saturated carbocycles. The molecule has 30 heavy (non-hydrogen) atoms. The zero-order chi connectivity index (χ0) is 21.8. The van der Waals surface area contributed by atoms with Crippen molar-refractivity contribution >= 4 is 34.6 Å². The highest BCUT2D eigenvalue weighted by Crippen LogP contribution is 2.32. The van der Waals surface area contributed by atoms with Gasteiger partial charge in [0, 0.05) is 18.3 Å². The SMILES string of the molecule is Cc1c([N+](=O)[O-])cc(NC(=O)c2ccnn2COc2ccccc2Cl)cc1[N+](=O)[O-]. The Morgan fingerprint density at radius 2 is 1.80 bits per heavy atom. The normalized spacial score (nSPS) is 10.5. The van der Waals surface area contributed by atoms with Crippen LogP contribution < -0.4 is 10.1 Å². The van der Waals surface area contributed by atoms with Crippen LogP contribution >= 0.6 is 11.6 Å². The molecule has 12 heteroatoms. The van der Waals surface area contributed by atoms with Crippen LogP contribution in [0.1, 0.15) is 16.1 Å². The molecule has 0 atom stereocenters. The average molecular weight is 432 g/mol. The summed E-state index contributed by atoms with van der Waals surface area (Å²) >= 11 is 6.02. The van der Waals surface area contributed by atoms with E-state index in [-0.39, 0.29) is 23.7 Å². The number of nitrogens with zero attached hydrogens (tertiary/aromatic N) is 4. The third-order valence-corrected chi connectivity index (χ3v) is 4.44. The zero-order valence-corrected chi connectivity index (χ0v) is 16.2.